The van der Waals surface area contributed by atoms with Crippen molar-refractivity contribution in [2.45, 2.75) is 72.1 Å². The number of hydrogen-bond donors (Lipinski definition) is 1. The first-order valence-corrected chi connectivity index (χ1v) is 11.6. The number of aliphatic hydroxyl groups is 1. The van der Waals surface area contributed by atoms with Crippen molar-refractivity contribution in [1.82, 2.24) is 4.90 Å². The Balaban J connectivity index is 1.78. The largest absolute Gasteiger partial charge is 0.509 e. The second kappa shape index (κ2) is 7.22. The van der Waals surface area contributed by atoms with E-state index in [0.29, 0.717) is 17.8 Å². The number of carbonyl (C=O) groups excluding carboxylic acids is 2. The topological polar surface area (TPSA) is 70.1 Å². The molecule has 0 bridgehead atoms. The van der Waals surface area contributed by atoms with Gasteiger partial charge in [-0.05, 0) is 56.3 Å². The first-order valence-electron chi connectivity index (χ1n) is 11.6. The van der Waals surface area contributed by atoms with Gasteiger partial charge in [-0.3, -0.25) is 9.59 Å². The fourth-order valence-corrected chi connectivity index (χ4v) is 6.87. The van der Waals surface area contributed by atoms with Gasteiger partial charge in [-0.1, -0.05) is 39.8 Å². The lowest BCUT2D eigenvalue weighted by Crippen LogP contribution is -2.48. The quantitative estimate of drug-likeness (QED) is 0.426. The molecule has 1 unspecified atom stereocenters. The summed E-state index contributed by atoms with van der Waals surface area (Å²) in [6, 6.07) is -0.430. The number of aliphatic hydroxyl groups excluding tert-OH is 1. The molecule has 0 spiro atoms. The summed E-state index contributed by atoms with van der Waals surface area (Å²) in [6.07, 6.45) is 6.73. The van der Waals surface area contributed by atoms with Gasteiger partial charge < -0.3 is 14.7 Å². The summed E-state index contributed by atoms with van der Waals surface area (Å²) in [5, 5.41) is 11.0. The number of Topliss-reactive ketones (excluding diaryl/α,β-unsaturated/α-hetero) is 1. The highest BCUT2D eigenvalue weighted by atomic mass is 16.6. The van der Waals surface area contributed by atoms with Crippen molar-refractivity contribution in [2.75, 3.05) is 7.05 Å². The molecular formula is C25H37NO4. The fraction of sp³-hybridized carbons (Fsp3) is 0.760. The SMILES string of the molecule is CC(C)[C@H]1C(O)=C(C(=O)[C@@H]2C([C@]3(C)O[C@H]3C)C=C[C@H]3C[C@@H](C)C[C@@H](C)[C@@H]23)C(=O)N1C. The van der Waals surface area contributed by atoms with E-state index in [0.717, 1.165) is 12.8 Å². The van der Waals surface area contributed by atoms with E-state index in [1.165, 1.54) is 4.90 Å². The van der Waals surface area contributed by atoms with Gasteiger partial charge >= 0.3 is 0 Å². The molecule has 1 saturated heterocycles. The van der Waals surface area contributed by atoms with Crippen LogP contribution in [0.3, 0.4) is 0 Å². The number of allylic oxidation sites excluding steroid dienone is 1. The number of amides is 1. The van der Waals surface area contributed by atoms with Crippen molar-refractivity contribution >= 4 is 11.7 Å². The van der Waals surface area contributed by atoms with Crippen LogP contribution in [0.5, 0.6) is 0 Å². The average molecular weight is 416 g/mol. The first-order chi connectivity index (χ1) is 14.0. The zero-order valence-corrected chi connectivity index (χ0v) is 19.4. The van der Waals surface area contributed by atoms with Crippen LogP contribution in [-0.4, -0.2) is 46.5 Å². The molecule has 1 amide bonds. The van der Waals surface area contributed by atoms with Crippen LogP contribution < -0.4 is 0 Å². The summed E-state index contributed by atoms with van der Waals surface area (Å²) in [5.74, 6) is 0.592. The molecule has 5 heteroatoms. The lowest BCUT2D eigenvalue weighted by molar-refractivity contribution is -0.132. The molecule has 2 fully saturated rings. The maximum Gasteiger partial charge on any atom is 0.261 e. The Morgan fingerprint density at radius 2 is 1.87 bits per heavy atom. The van der Waals surface area contributed by atoms with Gasteiger partial charge in [0.05, 0.1) is 17.7 Å². The summed E-state index contributed by atoms with van der Waals surface area (Å²) in [6.45, 7) is 12.6. The number of fused-ring (bicyclic) bond motifs is 1. The van der Waals surface area contributed by atoms with Crippen molar-refractivity contribution in [2.24, 2.45) is 41.4 Å². The predicted octanol–water partition coefficient (Wildman–Crippen LogP) is 4.14. The summed E-state index contributed by atoms with van der Waals surface area (Å²) in [4.78, 5) is 28.7. The summed E-state index contributed by atoms with van der Waals surface area (Å²) < 4.78 is 5.98. The first kappa shape index (κ1) is 21.6. The Hall–Kier alpha value is -1.62. The Morgan fingerprint density at radius 1 is 1.23 bits per heavy atom. The van der Waals surface area contributed by atoms with E-state index in [4.69, 9.17) is 4.74 Å². The normalized spacial score (nSPS) is 45.9. The molecule has 0 aromatic heterocycles. The van der Waals surface area contributed by atoms with Crippen LogP contribution in [0, 0.1) is 41.4 Å². The highest BCUT2D eigenvalue weighted by molar-refractivity contribution is 6.22. The molecule has 0 aromatic carbocycles. The minimum atomic E-state index is -0.430. The number of epoxide rings is 1. The third-order valence-electron chi connectivity index (χ3n) is 8.48. The van der Waals surface area contributed by atoms with Gasteiger partial charge in [0.1, 0.15) is 11.3 Å². The van der Waals surface area contributed by atoms with E-state index in [2.05, 4.69) is 32.9 Å². The smallest absolute Gasteiger partial charge is 0.261 e. The van der Waals surface area contributed by atoms with Crippen LogP contribution in [0.2, 0.25) is 0 Å². The van der Waals surface area contributed by atoms with Gasteiger partial charge in [-0.25, -0.2) is 0 Å². The molecule has 2 aliphatic carbocycles. The van der Waals surface area contributed by atoms with Crippen molar-refractivity contribution in [3.05, 3.63) is 23.5 Å². The molecule has 0 aromatic rings. The number of nitrogens with zero attached hydrogens (tertiary/aromatic N) is 1. The minimum Gasteiger partial charge on any atom is -0.509 e. The van der Waals surface area contributed by atoms with Gasteiger partial charge in [0.2, 0.25) is 0 Å². The molecule has 5 nitrogen and oxygen atoms in total. The Morgan fingerprint density at radius 3 is 2.40 bits per heavy atom. The second-order valence-electron chi connectivity index (χ2n) is 10.9. The molecule has 30 heavy (non-hydrogen) atoms. The molecule has 2 aliphatic heterocycles. The Bertz CT molecular complexity index is 814. The molecule has 2 heterocycles. The van der Waals surface area contributed by atoms with Crippen molar-refractivity contribution in [1.29, 1.82) is 0 Å². The monoisotopic (exact) mass is 415 g/mol. The van der Waals surface area contributed by atoms with E-state index < -0.39 is 6.04 Å². The van der Waals surface area contributed by atoms with Gasteiger partial charge in [0.15, 0.2) is 5.78 Å². The molecule has 1 N–H and O–H groups in total. The Labute approximate surface area is 180 Å². The van der Waals surface area contributed by atoms with Crippen LogP contribution in [0.15, 0.2) is 23.5 Å². The molecule has 1 saturated carbocycles. The summed E-state index contributed by atoms with van der Waals surface area (Å²) in [5.41, 5.74) is -0.367. The molecule has 9 atom stereocenters. The third-order valence-corrected chi connectivity index (χ3v) is 8.48. The number of hydrogen-bond acceptors (Lipinski definition) is 4. The average Bonchev–Trinajstić information content (AvgIpc) is 3.19. The molecule has 4 aliphatic rings. The molecular weight excluding hydrogens is 378 g/mol. The van der Waals surface area contributed by atoms with E-state index in [1.807, 2.05) is 20.8 Å². The Kier molecular flexibility index (Phi) is 5.20. The lowest BCUT2D eigenvalue weighted by atomic mass is 9.55. The summed E-state index contributed by atoms with van der Waals surface area (Å²) in [7, 11) is 1.68. The van der Waals surface area contributed by atoms with Crippen LogP contribution in [-0.2, 0) is 14.3 Å². The minimum absolute atomic E-state index is 0.0166. The second-order valence-corrected chi connectivity index (χ2v) is 10.9. The van der Waals surface area contributed by atoms with E-state index >= 15 is 0 Å². The fourth-order valence-electron chi connectivity index (χ4n) is 6.87. The molecule has 166 valence electrons. The van der Waals surface area contributed by atoms with E-state index in [1.54, 1.807) is 7.05 Å². The van der Waals surface area contributed by atoms with Crippen LogP contribution in [0.25, 0.3) is 0 Å². The van der Waals surface area contributed by atoms with E-state index in [-0.39, 0.29) is 58.4 Å². The predicted molar refractivity (Wildman–Crippen MR) is 116 cm³/mol. The molecule has 4 rings (SSSR count). The van der Waals surface area contributed by atoms with Crippen molar-refractivity contribution in [3.8, 4) is 0 Å². The zero-order chi connectivity index (χ0) is 22.1. The third kappa shape index (κ3) is 3.07. The lowest BCUT2D eigenvalue weighted by Gasteiger charge is -2.47. The summed E-state index contributed by atoms with van der Waals surface area (Å²) >= 11 is 0. The maximum absolute atomic E-state index is 14.1. The van der Waals surface area contributed by atoms with Crippen molar-refractivity contribution < 1.29 is 19.4 Å². The standard InChI is InChI=1S/C25H37NO4/c1-12(2)21-23(28)20(24(29)26(21)7)22(27)19-17(25(6)15(5)30-25)9-8-16-11-13(3)10-14(4)18(16)19/h8-9,12-19,21,28H,10-11H2,1-7H3/t13-,14+,15-,16-,17?,18+,19+,21-,25+/m0/s1. The maximum atomic E-state index is 14.1. The zero-order valence-electron chi connectivity index (χ0n) is 19.4. The van der Waals surface area contributed by atoms with Crippen LogP contribution in [0.1, 0.15) is 54.4 Å². The highest BCUT2D eigenvalue weighted by Gasteiger charge is 2.61. The van der Waals surface area contributed by atoms with Gasteiger partial charge in [0, 0.05) is 18.9 Å². The van der Waals surface area contributed by atoms with Gasteiger partial charge in [-0.2, -0.15) is 0 Å². The van der Waals surface area contributed by atoms with Crippen LogP contribution in [0.4, 0.5) is 0 Å². The number of ketones is 1. The number of ether oxygens (including phenoxy) is 1. The van der Waals surface area contributed by atoms with Gasteiger partial charge in [0.25, 0.3) is 5.91 Å². The highest BCUT2D eigenvalue weighted by Crippen LogP contribution is 2.56. The number of rotatable bonds is 4. The molecule has 0 radical (unpaired) electrons. The van der Waals surface area contributed by atoms with E-state index in [9.17, 15) is 14.7 Å². The van der Waals surface area contributed by atoms with Crippen LogP contribution >= 0.6 is 0 Å². The van der Waals surface area contributed by atoms with Crippen molar-refractivity contribution in [3.63, 3.8) is 0 Å². The number of likely N-dealkylation sites (N-methyl/N-ethyl adjacent to an activating group) is 1. The number of carbonyl (C=O) groups is 2. The van der Waals surface area contributed by atoms with Gasteiger partial charge in [-0.15, -0.1) is 0 Å².